The van der Waals surface area contributed by atoms with Gasteiger partial charge in [0.05, 0.1) is 13.2 Å². The zero-order valence-electron chi connectivity index (χ0n) is 17.7. The lowest BCUT2D eigenvalue weighted by molar-refractivity contribution is -0.129. The van der Waals surface area contributed by atoms with E-state index >= 15 is 0 Å². The van der Waals surface area contributed by atoms with Crippen molar-refractivity contribution in [3.05, 3.63) is 30.3 Å². The standard InChI is InChI=1S/C21H32N4O6/c26-19(24-29)10-6-2-5-9-18(20(27)22-17-7-3-1-4-8-17)23-21(28)31-16-13-25-11-14-30-15-12-25/h1,3-4,7-8,18,29H,2,5-6,9-16H2,(H,22,27)(H,23,28)(H,24,26)/t18-/m0/s1. The molecule has 3 amide bonds. The second kappa shape index (κ2) is 14.3. The Hall–Kier alpha value is -2.69. The van der Waals surface area contributed by atoms with Crippen molar-refractivity contribution in [2.24, 2.45) is 0 Å². The highest BCUT2D eigenvalue weighted by Crippen LogP contribution is 2.10. The molecule has 1 aliphatic heterocycles. The number of hydroxylamine groups is 1. The van der Waals surface area contributed by atoms with Crippen LogP contribution in [0.4, 0.5) is 10.5 Å². The molecule has 0 saturated carbocycles. The van der Waals surface area contributed by atoms with Crippen LogP contribution in [0.3, 0.4) is 0 Å². The Bertz CT molecular complexity index is 682. The van der Waals surface area contributed by atoms with E-state index in [0.29, 0.717) is 51.1 Å². The van der Waals surface area contributed by atoms with Gasteiger partial charge >= 0.3 is 6.09 Å². The summed E-state index contributed by atoms with van der Waals surface area (Å²) in [6.07, 6.45) is 1.84. The minimum Gasteiger partial charge on any atom is -0.448 e. The molecule has 2 rings (SSSR count). The van der Waals surface area contributed by atoms with Crippen molar-refractivity contribution >= 4 is 23.6 Å². The van der Waals surface area contributed by atoms with E-state index in [4.69, 9.17) is 14.7 Å². The van der Waals surface area contributed by atoms with Crippen LogP contribution in [-0.2, 0) is 19.1 Å². The van der Waals surface area contributed by atoms with Crippen molar-refractivity contribution in [3.63, 3.8) is 0 Å². The number of hydrogen-bond donors (Lipinski definition) is 4. The predicted molar refractivity (Wildman–Crippen MR) is 114 cm³/mol. The number of rotatable bonds is 12. The van der Waals surface area contributed by atoms with Gasteiger partial charge in [0.15, 0.2) is 0 Å². The molecule has 1 saturated heterocycles. The summed E-state index contributed by atoms with van der Waals surface area (Å²) >= 11 is 0. The third-order valence-corrected chi connectivity index (χ3v) is 4.92. The molecule has 172 valence electrons. The summed E-state index contributed by atoms with van der Waals surface area (Å²) < 4.78 is 10.5. The van der Waals surface area contributed by atoms with E-state index in [1.165, 1.54) is 0 Å². The van der Waals surface area contributed by atoms with Gasteiger partial charge in [0.1, 0.15) is 12.6 Å². The van der Waals surface area contributed by atoms with Crippen molar-refractivity contribution in [1.82, 2.24) is 15.7 Å². The second-order valence-corrected chi connectivity index (χ2v) is 7.28. The highest BCUT2D eigenvalue weighted by atomic mass is 16.5. The minimum atomic E-state index is -0.761. The molecule has 0 aliphatic carbocycles. The Morgan fingerprint density at radius 3 is 2.55 bits per heavy atom. The first kappa shape index (κ1) is 24.6. The molecule has 1 aliphatic rings. The number of nitrogens with one attached hydrogen (secondary N) is 3. The first-order valence-corrected chi connectivity index (χ1v) is 10.6. The first-order chi connectivity index (χ1) is 15.1. The third-order valence-electron chi connectivity index (χ3n) is 4.92. The predicted octanol–water partition coefficient (Wildman–Crippen LogP) is 1.51. The normalized spacial score (nSPS) is 15.0. The zero-order chi connectivity index (χ0) is 22.3. The maximum atomic E-state index is 12.7. The van der Waals surface area contributed by atoms with Crippen molar-refractivity contribution in [1.29, 1.82) is 0 Å². The number of morpholine rings is 1. The quantitative estimate of drug-likeness (QED) is 0.222. The van der Waals surface area contributed by atoms with E-state index in [1.54, 1.807) is 17.6 Å². The molecule has 0 bridgehead atoms. The number of hydrogen-bond acceptors (Lipinski definition) is 7. The van der Waals surface area contributed by atoms with Crippen molar-refractivity contribution < 1.29 is 29.1 Å². The average molecular weight is 437 g/mol. The fraction of sp³-hybridized carbons (Fsp3) is 0.571. The van der Waals surface area contributed by atoms with Gasteiger partial charge in [-0.3, -0.25) is 19.7 Å². The summed E-state index contributed by atoms with van der Waals surface area (Å²) in [6.45, 7) is 3.81. The fourth-order valence-corrected chi connectivity index (χ4v) is 3.16. The Morgan fingerprint density at radius 1 is 1.10 bits per heavy atom. The molecule has 1 heterocycles. The van der Waals surface area contributed by atoms with Gasteiger partial charge in [0.25, 0.3) is 0 Å². The number of nitrogens with zero attached hydrogens (tertiary/aromatic N) is 1. The van der Waals surface area contributed by atoms with Gasteiger partial charge in [-0.2, -0.15) is 0 Å². The highest BCUT2D eigenvalue weighted by molar-refractivity contribution is 5.96. The van der Waals surface area contributed by atoms with Crippen LogP contribution in [0.5, 0.6) is 0 Å². The highest BCUT2D eigenvalue weighted by Gasteiger charge is 2.21. The number of alkyl carbamates (subject to hydrolysis) is 1. The van der Waals surface area contributed by atoms with Crippen LogP contribution in [0.25, 0.3) is 0 Å². The van der Waals surface area contributed by atoms with Gasteiger partial charge < -0.3 is 20.1 Å². The maximum absolute atomic E-state index is 12.7. The van der Waals surface area contributed by atoms with Gasteiger partial charge in [-0.05, 0) is 25.0 Å². The van der Waals surface area contributed by atoms with Crippen molar-refractivity contribution in [2.75, 3.05) is 44.8 Å². The number of carbonyl (C=O) groups excluding carboxylic acids is 3. The number of benzene rings is 1. The lowest BCUT2D eigenvalue weighted by Gasteiger charge is -2.26. The maximum Gasteiger partial charge on any atom is 0.407 e. The van der Waals surface area contributed by atoms with Crippen LogP contribution in [0.2, 0.25) is 0 Å². The third kappa shape index (κ3) is 10.3. The van der Waals surface area contributed by atoms with Crippen molar-refractivity contribution in [2.45, 2.75) is 38.1 Å². The number of ether oxygens (including phenoxy) is 2. The molecule has 0 spiro atoms. The van der Waals surface area contributed by atoms with Gasteiger partial charge in [0.2, 0.25) is 11.8 Å². The Kier molecular flexibility index (Phi) is 11.4. The molecule has 10 heteroatoms. The van der Waals surface area contributed by atoms with E-state index < -0.39 is 18.0 Å². The molecular weight excluding hydrogens is 404 g/mol. The number of unbranched alkanes of at least 4 members (excludes halogenated alkanes) is 2. The molecule has 0 unspecified atom stereocenters. The molecule has 1 fully saturated rings. The number of anilines is 1. The Labute approximate surface area is 182 Å². The number of para-hydroxylation sites is 1. The van der Waals surface area contributed by atoms with E-state index in [1.807, 2.05) is 18.2 Å². The summed E-state index contributed by atoms with van der Waals surface area (Å²) in [6, 6.07) is 8.24. The van der Waals surface area contributed by atoms with Crippen LogP contribution in [0.1, 0.15) is 32.1 Å². The van der Waals surface area contributed by atoms with E-state index in [-0.39, 0.29) is 18.9 Å². The molecule has 10 nitrogen and oxygen atoms in total. The SMILES string of the molecule is O=C(CCCCC[C@H](NC(=O)OCCN1CCOCC1)C(=O)Nc1ccccc1)NO. The largest absolute Gasteiger partial charge is 0.448 e. The lowest BCUT2D eigenvalue weighted by atomic mass is 10.1. The molecule has 0 aromatic heterocycles. The van der Waals surface area contributed by atoms with Crippen LogP contribution >= 0.6 is 0 Å². The van der Waals surface area contributed by atoms with Crippen molar-refractivity contribution in [3.8, 4) is 0 Å². The van der Waals surface area contributed by atoms with Gasteiger partial charge in [-0.25, -0.2) is 10.3 Å². The summed E-state index contributed by atoms with van der Waals surface area (Å²) in [5, 5.41) is 14.0. The zero-order valence-corrected chi connectivity index (χ0v) is 17.7. The lowest BCUT2D eigenvalue weighted by Crippen LogP contribution is -2.45. The number of carbonyl (C=O) groups is 3. The van der Waals surface area contributed by atoms with Crippen LogP contribution in [-0.4, -0.2) is 73.5 Å². The summed E-state index contributed by atoms with van der Waals surface area (Å²) in [7, 11) is 0. The van der Waals surface area contributed by atoms with Gasteiger partial charge in [-0.1, -0.05) is 31.0 Å². The van der Waals surface area contributed by atoms with E-state index in [2.05, 4.69) is 15.5 Å². The molecule has 1 aromatic carbocycles. The summed E-state index contributed by atoms with van der Waals surface area (Å²) in [4.78, 5) is 38.1. The van der Waals surface area contributed by atoms with Gasteiger partial charge in [0, 0.05) is 31.7 Å². The molecule has 31 heavy (non-hydrogen) atoms. The van der Waals surface area contributed by atoms with Crippen LogP contribution in [0.15, 0.2) is 30.3 Å². The van der Waals surface area contributed by atoms with E-state index in [0.717, 1.165) is 13.1 Å². The summed E-state index contributed by atoms with van der Waals surface area (Å²) in [5.74, 6) is -0.773. The topological polar surface area (TPSA) is 129 Å². The van der Waals surface area contributed by atoms with Gasteiger partial charge in [-0.15, -0.1) is 0 Å². The van der Waals surface area contributed by atoms with Crippen LogP contribution < -0.4 is 16.1 Å². The monoisotopic (exact) mass is 436 g/mol. The molecule has 4 N–H and O–H groups in total. The Morgan fingerprint density at radius 2 is 1.84 bits per heavy atom. The Balaban J connectivity index is 1.79. The fourth-order valence-electron chi connectivity index (χ4n) is 3.16. The summed E-state index contributed by atoms with van der Waals surface area (Å²) in [5.41, 5.74) is 2.23. The van der Waals surface area contributed by atoms with Crippen LogP contribution in [0, 0.1) is 0 Å². The smallest absolute Gasteiger partial charge is 0.407 e. The molecular formula is C21H32N4O6. The average Bonchev–Trinajstić information content (AvgIpc) is 2.79. The van der Waals surface area contributed by atoms with E-state index in [9.17, 15) is 14.4 Å². The first-order valence-electron chi connectivity index (χ1n) is 10.6. The molecule has 1 aromatic rings. The molecule has 1 atom stereocenters. The number of amides is 3. The second-order valence-electron chi connectivity index (χ2n) is 7.28. The molecule has 0 radical (unpaired) electrons. The minimum absolute atomic E-state index is 0.203.